The molecule has 2 N–H and O–H groups in total. The van der Waals surface area contributed by atoms with E-state index < -0.39 is 0 Å². The van der Waals surface area contributed by atoms with Crippen molar-refractivity contribution >= 4 is 18.9 Å². The Labute approximate surface area is 112 Å². The molecular weight excluding hydrogens is 283 g/mol. The molecule has 0 fully saturated rings. The standard InChI is InChI=1S/C8H12NP.4ClH/c1-10(2)8-5-3-7(9)4-6-8;;;;/h3-6H,9H2,1-2H3;4*1H/p-4. The highest BCUT2D eigenvalue weighted by molar-refractivity contribution is 7.64. The summed E-state index contributed by atoms with van der Waals surface area (Å²) >= 11 is 0. The summed E-state index contributed by atoms with van der Waals surface area (Å²) in [7, 11) is 0.0365. The monoisotopic (exact) mass is 293 g/mol. The molecule has 14 heavy (non-hydrogen) atoms. The van der Waals surface area contributed by atoms with Gasteiger partial charge in [-0.2, -0.15) is 0 Å². The van der Waals surface area contributed by atoms with E-state index in [-0.39, 0.29) is 57.5 Å². The number of nitrogens with two attached hydrogens (primary N) is 1. The number of rotatable bonds is 1. The average Bonchev–Trinajstić information content (AvgIpc) is 1.88. The first-order chi connectivity index (χ1) is 4.70. The van der Waals surface area contributed by atoms with Gasteiger partial charge in [-0.25, -0.2) is 0 Å². The minimum atomic E-state index is 0. The van der Waals surface area contributed by atoms with Gasteiger partial charge in [-0.15, -0.1) is 0 Å². The molecule has 0 spiro atoms. The largest absolute Gasteiger partial charge is 1.00 e. The lowest BCUT2D eigenvalue weighted by Gasteiger charge is -2.04. The summed E-state index contributed by atoms with van der Waals surface area (Å²) in [6, 6.07) is 8.11. The van der Waals surface area contributed by atoms with Crippen LogP contribution in [0.15, 0.2) is 24.3 Å². The number of nitrogen functional groups attached to an aromatic ring is 1. The highest BCUT2D eigenvalue weighted by atomic mass is 35.5. The molecule has 0 saturated heterocycles. The molecular formula is C8H12Cl4NP-4. The SMILES string of the molecule is CP(C)c1ccc(N)cc1.[Cl-].[Cl-].[Cl-].[Cl-]. The van der Waals surface area contributed by atoms with E-state index in [1.165, 1.54) is 5.30 Å². The predicted octanol–water partition coefficient (Wildman–Crippen LogP) is -10.3. The molecule has 0 aromatic heterocycles. The molecule has 1 aromatic rings. The molecule has 0 saturated carbocycles. The molecule has 1 nitrogen and oxygen atoms in total. The minimum Gasteiger partial charge on any atom is -1.00 e. The lowest BCUT2D eigenvalue weighted by Crippen LogP contribution is -3.00. The van der Waals surface area contributed by atoms with Crippen LogP contribution in [-0.2, 0) is 0 Å². The summed E-state index contributed by atoms with van der Waals surface area (Å²) in [5.41, 5.74) is 6.38. The van der Waals surface area contributed by atoms with Gasteiger partial charge in [0.2, 0.25) is 0 Å². The van der Waals surface area contributed by atoms with Crippen molar-refractivity contribution in [2.75, 3.05) is 19.1 Å². The Morgan fingerprint density at radius 1 is 0.857 bits per heavy atom. The van der Waals surface area contributed by atoms with E-state index in [1.54, 1.807) is 0 Å². The second-order valence-corrected chi connectivity index (χ2v) is 4.79. The fourth-order valence-corrected chi connectivity index (χ4v) is 1.52. The van der Waals surface area contributed by atoms with Gasteiger partial charge in [-0.3, -0.25) is 0 Å². The van der Waals surface area contributed by atoms with Gasteiger partial charge in [0.1, 0.15) is 0 Å². The Bertz CT molecular complexity index is 215. The molecule has 0 heterocycles. The molecule has 0 radical (unpaired) electrons. The van der Waals surface area contributed by atoms with E-state index >= 15 is 0 Å². The predicted molar refractivity (Wildman–Crippen MR) is 49.3 cm³/mol. The Morgan fingerprint density at radius 3 is 1.50 bits per heavy atom. The zero-order valence-electron chi connectivity index (χ0n) is 7.85. The number of halogens is 4. The fourth-order valence-electron chi connectivity index (χ4n) is 0.772. The van der Waals surface area contributed by atoms with Gasteiger partial charge in [0.15, 0.2) is 0 Å². The van der Waals surface area contributed by atoms with Crippen molar-refractivity contribution in [3.63, 3.8) is 0 Å². The van der Waals surface area contributed by atoms with Gasteiger partial charge in [0, 0.05) is 5.69 Å². The number of anilines is 1. The van der Waals surface area contributed by atoms with E-state index in [4.69, 9.17) is 5.73 Å². The van der Waals surface area contributed by atoms with Crippen LogP contribution in [0.3, 0.4) is 0 Å². The lowest BCUT2D eigenvalue weighted by atomic mass is 10.3. The molecule has 0 aliphatic heterocycles. The summed E-state index contributed by atoms with van der Waals surface area (Å²) in [5, 5.41) is 1.41. The van der Waals surface area contributed by atoms with Gasteiger partial charge < -0.3 is 55.4 Å². The first-order valence-corrected chi connectivity index (χ1v) is 5.46. The first kappa shape index (κ1) is 24.0. The number of benzene rings is 1. The van der Waals surface area contributed by atoms with Gasteiger partial charge >= 0.3 is 0 Å². The Morgan fingerprint density at radius 2 is 1.21 bits per heavy atom. The lowest BCUT2D eigenvalue weighted by molar-refractivity contribution is -0.00100. The van der Waals surface area contributed by atoms with Crippen LogP contribution in [0.25, 0.3) is 0 Å². The van der Waals surface area contributed by atoms with Gasteiger partial charge in [-0.1, -0.05) is 20.1 Å². The van der Waals surface area contributed by atoms with Crippen LogP contribution in [0.5, 0.6) is 0 Å². The summed E-state index contributed by atoms with van der Waals surface area (Å²) in [5.74, 6) is 0. The molecule has 0 atom stereocenters. The third-order valence-corrected chi connectivity index (χ3v) is 2.74. The average molecular weight is 295 g/mol. The molecule has 0 aliphatic rings. The first-order valence-electron chi connectivity index (χ1n) is 3.23. The van der Waals surface area contributed by atoms with Crippen LogP contribution >= 0.6 is 7.92 Å². The van der Waals surface area contributed by atoms with E-state index in [9.17, 15) is 0 Å². The molecule has 86 valence electrons. The summed E-state index contributed by atoms with van der Waals surface area (Å²) < 4.78 is 0. The second kappa shape index (κ2) is 11.7. The van der Waals surface area contributed by atoms with Crippen molar-refractivity contribution in [1.82, 2.24) is 0 Å². The Hall–Kier alpha value is 0.610. The highest BCUT2D eigenvalue weighted by Gasteiger charge is 1.94. The van der Waals surface area contributed by atoms with Gasteiger partial charge in [0.25, 0.3) is 0 Å². The number of hydrogen-bond acceptors (Lipinski definition) is 1. The van der Waals surface area contributed by atoms with Crippen LogP contribution in [0, 0.1) is 0 Å². The second-order valence-electron chi connectivity index (χ2n) is 2.49. The topological polar surface area (TPSA) is 26.0 Å². The van der Waals surface area contributed by atoms with Crippen LogP contribution in [0.4, 0.5) is 5.69 Å². The molecule has 6 heteroatoms. The quantitative estimate of drug-likeness (QED) is 0.404. The molecule has 0 amide bonds. The van der Waals surface area contributed by atoms with Crippen LogP contribution in [-0.4, -0.2) is 13.3 Å². The maximum atomic E-state index is 5.53. The van der Waals surface area contributed by atoms with Crippen molar-refractivity contribution in [1.29, 1.82) is 0 Å². The van der Waals surface area contributed by atoms with Crippen LogP contribution in [0.1, 0.15) is 0 Å². The normalized spacial score (nSPS) is 7.36. The van der Waals surface area contributed by atoms with E-state index in [0.717, 1.165) is 5.69 Å². The van der Waals surface area contributed by atoms with Crippen molar-refractivity contribution in [3.8, 4) is 0 Å². The molecule has 0 aliphatic carbocycles. The maximum Gasteiger partial charge on any atom is 0.0314 e. The van der Waals surface area contributed by atoms with Crippen molar-refractivity contribution in [3.05, 3.63) is 24.3 Å². The fraction of sp³-hybridized carbons (Fsp3) is 0.250. The minimum absolute atomic E-state index is 0. The van der Waals surface area contributed by atoms with E-state index in [0.29, 0.717) is 0 Å². The van der Waals surface area contributed by atoms with Crippen molar-refractivity contribution < 1.29 is 49.6 Å². The van der Waals surface area contributed by atoms with Gasteiger partial charge in [-0.05, 0) is 30.8 Å². The third kappa shape index (κ3) is 7.96. The molecule has 1 aromatic carbocycles. The van der Waals surface area contributed by atoms with E-state index in [1.807, 2.05) is 12.1 Å². The zero-order chi connectivity index (χ0) is 7.56. The summed E-state index contributed by atoms with van der Waals surface area (Å²) in [4.78, 5) is 0. The molecule has 0 unspecified atom stereocenters. The third-order valence-electron chi connectivity index (χ3n) is 1.41. The molecule has 0 bridgehead atoms. The van der Waals surface area contributed by atoms with Crippen LogP contribution in [0.2, 0.25) is 0 Å². The summed E-state index contributed by atoms with van der Waals surface area (Å²) in [6.45, 7) is 4.47. The van der Waals surface area contributed by atoms with Crippen molar-refractivity contribution in [2.24, 2.45) is 0 Å². The number of hydrogen-bond donors (Lipinski definition) is 1. The van der Waals surface area contributed by atoms with Gasteiger partial charge in [0.05, 0.1) is 0 Å². The van der Waals surface area contributed by atoms with Crippen LogP contribution < -0.4 is 60.7 Å². The summed E-state index contributed by atoms with van der Waals surface area (Å²) in [6.07, 6.45) is 0. The highest BCUT2D eigenvalue weighted by Crippen LogP contribution is 2.23. The van der Waals surface area contributed by atoms with E-state index in [2.05, 4.69) is 25.5 Å². The smallest absolute Gasteiger partial charge is 0.0314 e. The zero-order valence-corrected chi connectivity index (χ0v) is 11.8. The Kier molecular flexibility index (Phi) is 20.1. The maximum absolute atomic E-state index is 5.53. The van der Waals surface area contributed by atoms with Crippen molar-refractivity contribution in [2.45, 2.75) is 0 Å². The Balaban J connectivity index is -0.000000125. The molecule has 1 rings (SSSR count).